The molecule has 0 spiro atoms. The average Bonchev–Trinajstić information content (AvgIpc) is 2.91. The highest BCUT2D eigenvalue weighted by Crippen LogP contribution is 2.37. The molecule has 1 heterocycles. The van der Waals surface area contributed by atoms with Crippen molar-refractivity contribution in [1.29, 1.82) is 0 Å². The minimum absolute atomic E-state index is 0.0916. The van der Waals surface area contributed by atoms with Crippen molar-refractivity contribution in [3.05, 3.63) is 39.4 Å². The fourth-order valence-electron chi connectivity index (χ4n) is 1.20. The van der Waals surface area contributed by atoms with Crippen LogP contribution in [0.2, 0.25) is 0 Å². The number of epoxide rings is 1. The van der Waals surface area contributed by atoms with Crippen molar-refractivity contribution in [2.45, 2.75) is 6.10 Å². The topological polar surface area (TPSA) is 55.7 Å². The molecule has 0 bridgehead atoms. The first-order chi connectivity index (χ1) is 6.59. The van der Waals surface area contributed by atoms with Gasteiger partial charge < -0.3 is 4.74 Å². The Morgan fingerprint density at radius 1 is 1.43 bits per heavy atom. The molecule has 14 heavy (non-hydrogen) atoms. The van der Waals surface area contributed by atoms with E-state index in [0.717, 1.165) is 6.07 Å². The number of ether oxygens (including phenoxy) is 1. The zero-order valence-electron chi connectivity index (χ0n) is 6.87. The molecule has 2 rings (SSSR count). The van der Waals surface area contributed by atoms with Crippen molar-refractivity contribution in [3.63, 3.8) is 0 Å². The Balaban J connectivity index is 2.54. The van der Waals surface area contributed by atoms with Crippen LogP contribution >= 0.6 is 0 Å². The molecule has 1 fully saturated rings. The van der Waals surface area contributed by atoms with Crippen LogP contribution in [0.5, 0.6) is 0 Å². The maximum absolute atomic E-state index is 12.8. The first-order valence-corrected chi connectivity index (χ1v) is 3.84. The summed E-state index contributed by atoms with van der Waals surface area (Å²) in [5, 5.41) is 10.5. The van der Waals surface area contributed by atoms with Crippen LogP contribution in [0.3, 0.4) is 0 Å². The van der Waals surface area contributed by atoms with Gasteiger partial charge in [-0.25, -0.2) is 8.78 Å². The Morgan fingerprint density at radius 2 is 2.00 bits per heavy atom. The average molecular weight is 201 g/mol. The van der Waals surface area contributed by atoms with Gasteiger partial charge in [0.1, 0.15) is 6.10 Å². The van der Waals surface area contributed by atoms with Gasteiger partial charge in [-0.05, 0) is 6.07 Å². The molecule has 0 amide bonds. The molecule has 0 unspecified atom stereocenters. The van der Waals surface area contributed by atoms with E-state index < -0.39 is 28.3 Å². The summed E-state index contributed by atoms with van der Waals surface area (Å²) in [5.74, 6) is -2.32. The summed E-state index contributed by atoms with van der Waals surface area (Å²) in [6.07, 6.45) is -0.467. The summed E-state index contributed by atoms with van der Waals surface area (Å²) in [6, 6.07) is 1.39. The van der Waals surface area contributed by atoms with Crippen molar-refractivity contribution >= 4 is 5.69 Å². The van der Waals surface area contributed by atoms with Crippen molar-refractivity contribution in [2.75, 3.05) is 6.61 Å². The predicted octanol–water partition coefficient (Wildman–Crippen LogP) is 1.94. The van der Waals surface area contributed by atoms with Gasteiger partial charge >= 0.3 is 0 Å². The molecule has 0 aliphatic carbocycles. The molecule has 0 saturated carbocycles. The van der Waals surface area contributed by atoms with Crippen LogP contribution in [0, 0.1) is 21.7 Å². The second-order valence-electron chi connectivity index (χ2n) is 2.90. The Kier molecular flexibility index (Phi) is 1.92. The summed E-state index contributed by atoms with van der Waals surface area (Å²) in [4.78, 5) is 9.73. The Hall–Kier alpha value is -1.56. The molecule has 6 heteroatoms. The minimum Gasteiger partial charge on any atom is -0.368 e. The normalized spacial score (nSPS) is 19.4. The van der Waals surface area contributed by atoms with Crippen molar-refractivity contribution < 1.29 is 18.4 Å². The van der Waals surface area contributed by atoms with Crippen molar-refractivity contribution in [2.24, 2.45) is 0 Å². The summed E-state index contributed by atoms with van der Waals surface area (Å²) in [5.41, 5.74) is -0.347. The first-order valence-electron chi connectivity index (χ1n) is 3.84. The number of nitro groups is 1. The second kappa shape index (κ2) is 2.98. The molecular weight excluding hydrogens is 196 g/mol. The third-order valence-corrected chi connectivity index (χ3v) is 1.95. The third-order valence-electron chi connectivity index (χ3n) is 1.95. The Bertz CT molecular complexity index is 404. The highest BCUT2D eigenvalue weighted by molar-refractivity contribution is 5.43. The zero-order chi connectivity index (χ0) is 10.3. The van der Waals surface area contributed by atoms with E-state index in [4.69, 9.17) is 4.74 Å². The number of nitro benzene ring substituents is 1. The Morgan fingerprint density at radius 3 is 2.50 bits per heavy atom. The van der Waals surface area contributed by atoms with E-state index in [-0.39, 0.29) is 5.56 Å². The van der Waals surface area contributed by atoms with E-state index in [2.05, 4.69) is 0 Å². The van der Waals surface area contributed by atoms with Gasteiger partial charge in [0, 0.05) is 0 Å². The van der Waals surface area contributed by atoms with Crippen LogP contribution < -0.4 is 0 Å². The molecule has 1 aromatic carbocycles. The molecule has 1 aromatic rings. The van der Waals surface area contributed by atoms with E-state index in [0.29, 0.717) is 12.7 Å². The van der Waals surface area contributed by atoms with Crippen LogP contribution in [0.15, 0.2) is 12.1 Å². The van der Waals surface area contributed by atoms with Gasteiger partial charge in [-0.2, -0.15) is 0 Å². The number of benzene rings is 1. The second-order valence-corrected chi connectivity index (χ2v) is 2.90. The summed E-state index contributed by atoms with van der Waals surface area (Å²) in [6.45, 7) is 0.311. The van der Waals surface area contributed by atoms with Gasteiger partial charge in [0.25, 0.3) is 5.69 Å². The largest absolute Gasteiger partial charge is 0.368 e. The molecule has 4 nitrogen and oxygen atoms in total. The SMILES string of the molecule is O=[N+]([O-])c1cc(F)c(F)cc1[C@@H]1CO1. The van der Waals surface area contributed by atoms with Crippen LogP contribution in [0.4, 0.5) is 14.5 Å². The van der Waals surface area contributed by atoms with Crippen molar-refractivity contribution in [1.82, 2.24) is 0 Å². The first kappa shape index (κ1) is 9.01. The maximum Gasteiger partial charge on any atom is 0.278 e. The van der Waals surface area contributed by atoms with Gasteiger partial charge in [-0.3, -0.25) is 10.1 Å². The highest BCUT2D eigenvalue weighted by atomic mass is 19.2. The lowest BCUT2D eigenvalue weighted by Crippen LogP contribution is -1.98. The molecule has 1 saturated heterocycles. The predicted molar refractivity (Wildman–Crippen MR) is 41.7 cm³/mol. The smallest absolute Gasteiger partial charge is 0.278 e. The Labute approximate surface area is 77.3 Å². The molecule has 0 aromatic heterocycles. The number of hydrogen-bond acceptors (Lipinski definition) is 3. The van der Waals surface area contributed by atoms with Gasteiger partial charge in [0.2, 0.25) is 0 Å². The van der Waals surface area contributed by atoms with Crippen molar-refractivity contribution in [3.8, 4) is 0 Å². The van der Waals surface area contributed by atoms with Gasteiger partial charge in [0.15, 0.2) is 11.6 Å². The number of nitrogens with zero attached hydrogens (tertiary/aromatic N) is 1. The van der Waals surface area contributed by atoms with E-state index in [9.17, 15) is 18.9 Å². The van der Waals surface area contributed by atoms with E-state index in [1.165, 1.54) is 0 Å². The molecule has 1 aliphatic rings. The monoisotopic (exact) mass is 201 g/mol. The van der Waals surface area contributed by atoms with E-state index >= 15 is 0 Å². The summed E-state index contributed by atoms with van der Waals surface area (Å²) >= 11 is 0. The highest BCUT2D eigenvalue weighted by Gasteiger charge is 2.33. The molecule has 1 aliphatic heterocycles. The summed E-state index contributed by atoms with van der Waals surface area (Å²) in [7, 11) is 0. The molecule has 0 radical (unpaired) electrons. The number of rotatable bonds is 2. The lowest BCUT2D eigenvalue weighted by atomic mass is 10.1. The van der Waals surface area contributed by atoms with Gasteiger partial charge in [-0.1, -0.05) is 0 Å². The van der Waals surface area contributed by atoms with Crippen LogP contribution in [0.25, 0.3) is 0 Å². The fourth-order valence-corrected chi connectivity index (χ4v) is 1.20. The number of hydrogen-bond donors (Lipinski definition) is 0. The third kappa shape index (κ3) is 1.44. The zero-order valence-corrected chi connectivity index (χ0v) is 6.87. The fraction of sp³-hybridized carbons (Fsp3) is 0.250. The van der Waals surface area contributed by atoms with Crippen LogP contribution in [-0.4, -0.2) is 11.5 Å². The number of halogens is 2. The molecule has 1 atom stereocenters. The standard InChI is InChI=1S/C8H5F2NO3/c9-5-1-4(8-3-14-8)7(11(12)13)2-6(5)10/h1-2,8H,3H2/t8-/m0/s1. The summed E-state index contributed by atoms with van der Waals surface area (Å²) < 4.78 is 30.2. The lowest BCUT2D eigenvalue weighted by Gasteiger charge is -1.99. The van der Waals surface area contributed by atoms with Gasteiger partial charge in [-0.15, -0.1) is 0 Å². The van der Waals surface area contributed by atoms with Crippen LogP contribution in [-0.2, 0) is 4.74 Å². The molecule has 0 N–H and O–H groups in total. The van der Waals surface area contributed by atoms with Crippen LogP contribution in [0.1, 0.15) is 11.7 Å². The minimum atomic E-state index is -1.22. The van der Waals surface area contributed by atoms with E-state index in [1.807, 2.05) is 0 Å². The molecule has 74 valence electrons. The maximum atomic E-state index is 12.8. The lowest BCUT2D eigenvalue weighted by molar-refractivity contribution is -0.385. The van der Waals surface area contributed by atoms with Gasteiger partial charge in [0.05, 0.1) is 23.2 Å². The quantitative estimate of drug-likeness (QED) is 0.417. The molecular formula is C8H5F2NO3. The van der Waals surface area contributed by atoms with E-state index in [1.54, 1.807) is 0 Å².